The van der Waals surface area contributed by atoms with Crippen LogP contribution < -0.4 is 27.0 Å². The summed E-state index contributed by atoms with van der Waals surface area (Å²) in [5.41, 5.74) is 17.7. The van der Waals surface area contributed by atoms with Crippen LogP contribution in [0, 0.1) is 0 Å². The Bertz CT molecular complexity index is 1010. The number of carbonyl (C=O) groups is 1. The van der Waals surface area contributed by atoms with Gasteiger partial charge in [-0.15, -0.1) is 0 Å². The molecule has 32 heavy (non-hydrogen) atoms. The third-order valence-corrected chi connectivity index (χ3v) is 5.81. The molecule has 0 saturated carbocycles. The van der Waals surface area contributed by atoms with Gasteiger partial charge in [-0.05, 0) is 36.6 Å². The first-order chi connectivity index (χ1) is 15.1. The number of halogens is 3. The molecule has 0 aliphatic carbocycles. The zero-order valence-corrected chi connectivity index (χ0v) is 17.5. The predicted octanol–water partition coefficient (Wildman–Crippen LogP) is 1.26. The second kappa shape index (κ2) is 8.55. The van der Waals surface area contributed by atoms with E-state index < -0.39 is 17.6 Å². The molecule has 0 radical (unpaired) electrons. The average Bonchev–Trinajstić information content (AvgIpc) is 2.70. The summed E-state index contributed by atoms with van der Waals surface area (Å²) >= 11 is 0. The van der Waals surface area contributed by atoms with Crippen LogP contribution in [0.15, 0.2) is 24.4 Å². The molecule has 172 valence electrons. The summed E-state index contributed by atoms with van der Waals surface area (Å²) in [5.74, 6) is -0.344. The van der Waals surface area contributed by atoms with Crippen molar-refractivity contribution >= 4 is 17.5 Å². The second-order valence-corrected chi connectivity index (χ2v) is 8.47. The Morgan fingerprint density at radius 3 is 2.44 bits per heavy atom. The molecule has 11 heteroatoms. The van der Waals surface area contributed by atoms with E-state index in [-0.39, 0.29) is 29.8 Å². The van der Waals surface area contributed by atoms with Crippen LogP contribution in [0.2, 0.25) is 0 Å². The molecule has 2 fully saturated rings. The van der Waals surface area contributed by atoms with Crippen LogP contribution in [0.1, 0.15) is 40.0 Å². The summed E-state index contributed by atoms with van der Waals surface area (Å²) in [7, 11) is 0. The molecule has 1 aromatic heterocycles. The Hall–Kier alpha value is -2.92. The third-order valence-electron chi connectivity index (χ3n) is 5.81. The molecule has 1 amide bonds. The van der Waals surface area contributed by atoms with Crippen molar-refractivity contribution in [2.45, 2.75) is 37.5 Å². The zero-order valence-electron chi connectivity index (χ0n) is 17.5. The average molecular weight is 449 g/mol. The number of rotatable bonds is 5. The van der Waals surface area contributed by atoms with Gasteiger partial charge in [-0.25, -0.2) is 9.97 Å². The first-order valence-corrected chi connectivity index (χ1v) is 10.5. The molecular formula is C21H26F3N7O. The number of amides is 1. The largest absolute Gasteiger partial charge is 0.416 e. The second-order valence-electron chi connectivity index (χ2n) is 8.47. The van der Waals surface area contributed by atoms with Crippen LogP contribution in [0.25, 0.3) is 0 Å². The summed E-state index contributed by atoms with van der Waals surface area (Å²) in [6.07, 6.45) is -1.39. The van der Waals surface area contributed by atoms with Gasteiger partial charge in [0.15, 0.2) is 0 Å². The number of hydrogen-bond acceptors (Lipinski definition) is 7. The van der Waals surface area contributed by atoms with Crippen molar-refractivity contribution in [2.75, 3.05) is 36.0 Å². The van der Waals surface area contributed by atoms with Gasteiger partial charge in [0.25, 0.3) is 5.91 Å². The maximum atomic E-state index is 13.5. The predicted molar refractivity (Wildman–Crippen MR) is 114 cm³/mol. The number of primary amides is 1. The molecule has 0 unspecified atom stereocenters. The van der Waals surface area contributed by atoms with Gasteiger partial charge in [0.2, 0.25) is 5.95 Å². The van der Waals surface area contributed by atoms with E-state index in [4.69, 9.17) is 17.2 Å². The molecule has 2 aliphatic heterocycles. The third kappa shape index (κ3) is 4.78. The SMILES string of the molecule is NC(=O)c1cnc(N2CCC[C@H](N)C2)nc1Cc1cc(N2CC(N)C2)cc(C(F)(F)F)c1. The summed E-state index contributed by atoms with van der Waals surface area (Å²) in [4.78, 5) is 24.4. The van der Waals surface area contributed by atoms with Crippen molar-refractivity contribution in [1.29, 1.82) is 0 Å². The number of carbonyl (C=O) groups excluding carboxylic acids is 1. The van der Waals surface area contributed by atoms with Crippen molar-refractivity contribution < 1.29 is 18.0 Å². The first kappa shape index (κ1) is 22.3. The standard InChI is InChI=1S/C21H26F3N7O/c22-21(23,24)13-4-12(5-16(7-13)31-10-15(26)11-31)6-18-17(19(27)32)8-28-20(29-18)30-3-1-2-14(25)9-30/h4-5,7-8,14-15H,1-3,6,9-11,25-26H2,(H2,27,32)/t14-/m0/s1. The highest BCUT2D eigenvalue weighted by Crippen LogP contribution is 2.34. The number of nitrogens with two attached hydrogens (primary N) is 3. The van der Waals surface area contributed by atoms with E-state index in [1.165, 1.54) is 6.20 Å². The topological polar surface area (TPSA) is 127 Å². The van der Waals surface area contributed by atoms with E-state index in [9.17, 15) is 18.0 Å². The maximum Gasteiger partial charge on any atom is 0.416 e. The Morgan fingerprint density at radius 1 is 1.09 bits per heavy atom. The van der Waals surface area contributed by atoms with Crippen LogP contribution >= 0.6 is 0 Å². The molecule has 2 saturated heterocycles. The van der Waals surface area contributed by atoms with Gasteiger partial charge in [0.1, 0.15) is 0 Å². The highest BCUT2D eigenvalue weighted by atomic mass is 19.4. The van der Waals surface area contributed by atoms with E-state index in [0.29, 0.717) is 43.4 Å². The lowest BCUT2D eigenvalue weighted by molar-refractivity contribution is -0.137. The highest BCUT2D eigenvalue weighted by Gasteiger charge is 2.33. The highest BCUT2D eigenvalue weighted by molar-refractivity contribution is 5.93. The lowest BCUT2D eigenvalue weighted by atomic mass is 10.00. The van der Waals surface area contributed by atoms with Gasteiger partial charge < -0.3 is 27.0 Å². The van der Waals surface area contributed by atoms with Gasteiger partial charge >= 0.3 is 6.18 Å². The number of piperidine rings is 1. The van der Waals surface area contributed by atoms with Gasteiger partial charge in [0, 0.05) is 56.6 Å². The Labute approximate surface area is 183 Å². The number of benzene rings is 1. The van der Waals surface area contributed by atoms with Crippen LogP contribution in [-0.2, 0) is 12.6 Å². The molecule has 2 aliphatic rings. The van der Waals surface area contributed by atoms with Crippen LogP contribution in [0.4, 0.5) is 24.8 Å². The molecule has 1 aromatic carbocycles. The van der Waals surface area contributed by atoms with E-state index in [0.717, 1.165) is 25.0 Å². The monoisotopic (exact) mass is 449 g/mol. The zero-order chi connectivity index (χ0) is 23.0. The van der Waals surface area contributed by atoms with Gasteiger partial charge in [-0.3, -0.25) is 4.79 Å². The number of alkyl halides is 3. The molecule has 2 aromatic rings. The van der Waals surface area contributed by atoms with E-state index in [2.05, 4.69) is 9.97 Å². The van der Waals surface area contributed by atoms with Crippen LogP contribution in [0.3, 0.4) is 0 Å². The number of nitrogens with zero attached hydrogens (tertiary/aromatic N) is 4. The molecule has 6 N–H and O–H groups in total. The van der Waals surface area contributed by atoms with Gasteiger partial charge in [-0.1, -0.05) is 0 Å². The Kier molecular flexibility index (Phi) is 5.95. The number of hydrogen-bond donors (Lipinski definition) is 3. The van der Waals surface area contributed by atoms with Crippen molar-refractivity contribution in [3.05, 3.63) is 46.8 Å². The fourth-order valence-corrected chi connectivity index (χ4v) is 4.13. The molecule has 0 bridgehead atoms. The quantitative estimate of drug-likeness (QED) is 0.627. The lowest BCUT2D eigenvalue weighted by Crippen LogP contribution is -2.55. The minimum atomic E-state index is -4.51. The van der Waals surface area contributed by atoms with E-state index >= 15 is 0 Å². The first-order valence-electron chi connectivity index (χ1n) is 10.5. The Balaban J connectivity index is 1.69. The lowest BCUT2D eigenvalue weighted by Gasteiger charge is -2.39. The van der Waals surface area contributed by atoms with Crippen molar-refractivity contribution in [3.8, 4) is 0 Å². The normalized spacial score (nSPS) is 19.7. The Morgan fingerprint density at radius 2 is 1.81 bits per heavy atom. The van der Waals surface area contributed by atoms with Gasteiger partial charge in [0.05, 0.1) is 16.8 Å². The molecule has 8 nitrogen and oxygen atoms in total. The van der Waals surface area contributed by atoms with Crippen LogP contribution in [0.5, 0.6) is 0 Å². The smallest absolute Gasteiger partial charge is 0.368 e. The molecule has 0 spiro atoms. The van der Waals surface area contributed by atoms with Crippen molar-refractivity contribution in [2.24, 2.45) is 17.2 Å². The summed E-state index contributed by atoms with van der Waals surface area (Å²) in [6.45, 7) is 2.25. The fraction of sp³-hybridized carbons (Fsp3) is 0.476. The maximum absolute atomic E-state index is 13.5. The summed E-state index contributed by atoms with van der Waals surface area (Å²) in [5, 5.41) is 0. The molecule has 1 atom stereocenters. The van der Waals surface area contributed by atoms with Crippen molar-refractivity contribution in [3.63, 3.8) is 0 Å². The number of anilines is 2. The minimum Gasteiger partial charge on any atom is -0.368 e. The molecular weight excluding hydrogens is 423 g/mol. The van der Waals surface area contributed by atoms with Crippen LogP contribution in [-0.4, -0.2) is 54.1 Å². The molecule has 3 heterocycles. The van der Waals surface area contributed by atoms with E-state index in [1.807, 2.05) is 4.90 Å². The van der Waals surface area contributed by atoms with Crippen molar-refractivity contribution in [1.82, 2.24) is 9.97 Å². The summed E-state index contributed by atoms with van der Waals surface area (Å²) in [6, 6.07) is 3.79. The minimum absolute atomic E-state index is 0.00446. The van der Waals surface area contributed by atoms with Gasteiger partial charge in [-0.2, -0.15) is 13.2 Å². The number of aromatic nitrogens is 2. The molecule has 4 rings (SSSR count). The summed E-state index contributed by atoms with van der Waals surface area (Å²) < 4.78 is 40.6. The fourth-order valence-electron chi connectivity index (χ4n) is 4.13. The van der Waals surface area contributed by atoms with E-state index in [1.54, 1.807) is 11.0 Å².